The van der Waals surface area contributed by atoms with Crippen molar-refractivity contribution in [2.24, 2.45) is 0 Å². The van der Waals surface area contributed by atoms with Crippen molar-refractivity contribution in [2.45, 2.75) is 17.6 Å². The van der Waals surface area contributed by atoms with Gasteiger partial charge < -0.3 is 11.1 Å². The Morgan fingerprint density at radius 3 is 2.83 bits per heavy atom. The molecule has 18 heavy (non-hydrogen) atoms. The Labute approximate surface area is 110 Å². The summed E-state index contributed by atoms with van der Waals surface area (Å²) in [5, 5.41) is 4.46. The first kappa shape index (κ1) is 11.6. The van der Waals surface area contributed by atoms with Crippen molar-refractivity contribution in [1.82, 2.24) is 9.97 Å². The van der Waals surface area contributed by atoms with Crippen LogP contribution in [0.1, 0.15) is 12.8 Å². The van der Waals surface area contributed by atoms with Crippen molar-refractivity contribution in [1.29, 1.82) is 0 Å². The number of rotatable bonds is 4. The van der Waals surface area contributed by atoms with Crippen LogP contribution in [-0.4, -0.2) is 27.5 Å². The second kappa shape index (κ2) is 4.31. The molecule has 1 aromatic heterocycles. The van der Waals surface area contributed by atoms with Crippen LogP contribution in [0.5, 0.6) is 0 Å². The third kappa shape index (κ3) is 2.10. The lowest BCUT2D eigenvalue weighted by atomic mass is 10.2. The second-order valence-electron chi connectivity index (χ2n) is 4.69. The summed E-state index contributed by atoms with van der Waals surface area (Å²) < 4.78 is 0.404. The minimum atomic E-state index is 0.324. The van der Waals surface area contributed by atoms with E-state index in [2.05, 4.69) is 21.5 Å². The smallest absolute Gasteiger partial charge is 0.222 e. The summed E-state index contributed by atoms with van der Waals surface area (Å²) >= 11 is 1.93. The molecule has 0 aliphatic heterocycles. The number of nitrogens with two attached hydrogens (primary N) is 1. The first-order chi connectivity index (χ1) is 8.72. The number of nitrogens with zero attached hydrogens (tertiary/aromatic N) is 2. The lowest BCUT2D eigenvalue weighted by Gasteiger charge is -2.15. The summed E-state index contributed by atoms with van der Waals surface area (Å²) in [5.74, 6) is 1.17. The van der Waals surface area contributed by atoms with E-state index < -0.39 is 0 Å². The molecule has 3 rings (SSSR count). The molecule has 4 nitrogen and oxygen atoms in total. The lowest BCUT2D eigenvalue weighted by molar-refractivity contribution is 0.942. The molecule has 94 valence electrons. The van der Waals surface area contributed by atoms with Gasteiger partial charge in [-0.2, -0.15) is 16.7 Å². The zero-order valence-corrected chi connectivity index (χ0v) is 11.1. The number of hydrogen-bond donors (Lipinski definition) is 2. The van der Waals surface area contributed by atoms with Crippen molar-refractivity contribution in [3.05, 3.63) is 24.3 Å². The van der Waals surface area contributed by atoms with Gasteiger partial charge in [-0.3, -0.25) is 0 Å². The number of benzene rings is 1. The second-order valence-corrected chi connectivity index (χ2v) is 5.96. The fraction of sp³-hybridized carbons (Fsp3) is 0.385. The molecule has 0 spiro atoms. The van der Waals surface area contributed by atoms with Gasteiger partial charge in [0, 0.05) is 16.7 Å². The number of fused-ring (bicyclic) bond motifs is 1. The molecule has 0 unspecified atom stereocenters. The fourth-order valence-electron chi connectivity index (χ4n) is 2.07. The Kier molecular flexibility index (Phi) is 2.78. The average Bonchev–Trinajstić information content (AvgIpc) is 3.16. The van der Waals surface area contributed by atoms with Gasteiger partial charge in [-0.05, 0) is 31.2 Å². The van der Waals surface area contributed by atoms with Gasteiger partial charge in [0.15, 0.2) is 0 Å². The molecule has 0 amide bonds. The molecule has 5 heteroatoms. The molecule has 0 atom stereocenters. The summed E-state index contributed by atoms with van der Waals surface area (Å²) in [4.78, 5) is 8.55. The largest absolute Gasteiger partial charge is 0.368 e. The van der Waals surface area contributed by atoms with E-state index in [1.165, 1.54) is 12.8 Å². The topological polar surface area (TPSA) is 63.8 Å². The predicted molar refractivity (Wildman–Crippen MR) is 77.9 cm³/mol. The Hall–Kier alpha value is -1.49. The minimum absolute atomic E-state index is 0.324. The molecule has 0 saturated heterocycles. The SMILES string of the molecule is CSC1(CNc2nc(N)nc3ccccc23)CC1. The van der Waals surface area contributed by atoms with Crippen LogP contribution >= 0.6 is 11.8 Å². The fourth-order valence-corrected chi connectivity index (χ4v) is 2.79. The van der Waals surface area contributed by atoms with E-state index in [1.54, 1.807) is 0 Å². The van der Waals surface area contributed by atoms with Crippen LogP contribution in [-0.2, 0) is 0 Å². The summed E-state index contributed by atoms with van der Waals surface area (Å²) in [5.41, 5.74) is 6.63. The number of aromatic nitrogens is 2. The summed E-state index contributed by atoms with van der Waals surface area (Å²) in [6, 6.07) is 7.94. The monoisotopic (exact) mass is 260 g/mol. The van der Waals surface area contributed by atoms with Crippen molar-refractivity contribution < 1.29 is 0 Å². The zero-order valence-electron chi connectivity index (χ0n) is 10.3. The highest BCUT2D eigenvalue weighted by Gasteiger charge is 2.41. The van der Waals surface area contributed by atoms with Crippen LogP contribution in [0.25, 0.3) is 10.9 Å². The van der Waals surface area contributed by atoms with E-state index in [9.17, 15) is 0 Å². The molecule has 2 aromatic rings. The van der Waals surface area contributed by atoms with Gasteiger partial charge in [-0.15, -0.1) is 0 Å². The van der Waals surface area contributed by atoms with E-state index >= 15 is 0 Å². The van der Waals surface area contributed by atoms with Gasteiger partial charge in [0.05, 0.1) is 5.52 Å². The van der Waals surface area contributed by atoms with Crippen molar-refractivity contribution in [3.8, 4) is 0 Å². The van der Waals surface area contributed by atoms with Gasteiger partial charge in [-0.25, -0.2) is 4.98 Å². The van der Waals surface area contributed by atoms with E-state index in [0.717, 1.165) is 23.3 Å². The quantitative estimate of drug-likeness (QED) is 0.884. The average molecular weight is 260 g/mol. The lowest BCUT2D eigenvalue weighted by Crippen LogP contribution is -2.18. The van der Waals surface area contributed by atoms with Gasteiger partial charge in [0.25, 0.3) is 0 Å². The van der Waals surface area contributed by atoms with Gasteiger partial charge >= 0.3 is 0 Å². The molecule has 1 aliphatic carbocycles. The van der Waals surface area contributed by atoms with Gasteiger partial charge in [0.1, 0.15) is 5.82 Å². The van der Waals surface area contributed by atoms with Gasteiger partial charge in [0.2, 0.25) is 5.95 Å². The van der Waals surface area contributed by atoms with E-state index in [1.807, 2.05) is 36.0 Å². The maximum Gasteiger partial charge on any atom is 0.222 e. The molecule has 0 radical (unpaired) electrons. The maximum atomic E-state index is 5.74. The molecular weight excluding hydrogens is 244 g/mol. The normalized spacial score (nSPS) is 16.7. The third-order valence-corrected chi connectivity index (χ3v) is 4.86. The van der Waals surface area contributed by atoms with Crippen molar-refractivity contribution in [3.63, 3.8) is 0 Å². The molecule has 1 saturated carbocycles. The molecule has 1 aromatic carbocycles. The zero-order chi connectivity index (χ0) is 12.6. The standard InChI is InChI=1S/C13H16N4S/c1-18-13(6-7-13)8-15-11-9-4-2-3-5-10(9)16-12(14)17-11/h2-5H,6-8H2,1H3,(H3,14,15,16,17). The predicted octanol–water partition coefficient (Wildman–Crippen LogP) is 2.52. The number of nitrogen functional groups attached to an aromatic ring is 1. The number of para-hydroxylation sites is 1. The van der Waals surface area contributed by atoms with Crippen LogP contribution < -0.4 is 11.1 Å². The number of thioether (sulfide) groups is 1. The first-order valence-corrected chi connectivity index (χ1v) is 7.26. The Morgan fingerprint density at radius 2 is 2.11 bits per heavy atom. The number of nitrogens with one attached hydrogen (secondary N) is 1. The highest BCUT2D eigenvalue weighted by molar-refractivity contribution is 8.00. The summed E-state index contributed by atoms with van der Waals surface area (Å²) in [7, 11) is 0. The Bertz CT molecular complexity index is 580. The summed E-state index contributed by atoms with van der Waals surface area (Å²) in [6.45, 7) is 0.939. The van der Waals surface area contributed by atoms with E-state index in [4.69, 9.17) is 5.73 Å². The molecule has 1 fully saturated rings. The molecule has 3 N–H and O–H groups in total. The van der Waals surface area contributed by atoms with Crippen LogP contribution in [0.3, 0.4) is 0 Å². The highest BCUT2D eigenvalue weighted by Crippen LogP contribution is 2.47. The van der Waals surface area contributed by atoms with E-state index in [-0.39, 0.29) is 0 Å². The maximum absolute atomic E-state index is 5.74. The van der Waals surface area contributed by atoms with Crippen LogP contribution in [0.2, 0.25) is 0 Å². The number of anilines is 2. The van der Waals surface area contributed by atoms with Crippen LogP contribution in [0.15, 0.2) is 24.3 Å². The Balaban J connectivity index is 1.91. The molecule has 1 aliphatic rings. The van der Waals surface area contributed by atoms with Crippen LogP contribution in [0.4, 0.5) is 11.8 Å². The molecule has 1 heterocycles. The third-order valence-electron chi connectivity index (χ3n) is 3.44. The molecule has 0 bridgehead atoms. The summed E-state index contributed by atoms with van der Waals surface area (Å²) in [6.07, 6.45) is 4.72. The van der Waals surface area contributed by atoms with Crippen molar-refractivity contribution in [2.75, 3.05) is 23.9 Å². The van der Waals surface area contributed by atoms with Crippen molar-refractivity contribution >= 4 is 34.4 Å². The molecular formula is C13H16N4S. The van der Waals surface area contributed by atoms with Crippen LogP contribution in [0, 0.1) is 0 Å². The highest BCUT2D eigenvalue weighted by atomic mass is 32.2. The number of hydrogen-bond acceptors (Lipinski definition) is 5. The minimum Gasteiger partial charge on any atom is -0.368 e. The van der Waals surface area contributed by atoms with Gasteiger partial charge in [-0.1, -0.05) is 12.1 Å². The first-order valence-electron chi connectivity index (χ1n) is 6.04. The van der Waals surface area contributed by atoms with E-state index in [0.29, 0.717) is 10.7 Å². The Morgan fingerprint density at radius 1 is 1.33 bits per heavy atom.